The van der Waals surface area contributed by atoms with Crippen LogP contribution >= 0.6 is 0 Å². The second kappa shape index (κ2) is 13.1. The number of hydrogen-bond acceptors (Lipinski definition) is 6. The molecule has 24 heavy (non-hydrogen) atoms. The van der Waals surface area contributed by atoms with Gasteiger partial charge < -0.3 is 24.7 Å². The fourth-order valence-corrected chi connectivity index (χ4v) is 2.38. The van der Waals surface area contributed by atoms with E-state index in [9.17, 15) is 19.8 Å². The molecule has 0 aliphatic heterocycles. The summed E-state index contributed by atoms with van der Waals surface area (Å²) in [6.45, 7) is 4.53. The topological polar surface area (TPSA) is 90.3 Å². The second-order valence-corrected chi connectivity index (χ2v) is 6.19. The van der Waals surface area contributed by atoms with E-state index in [-0.39, 0.29) is 44.0 Å². The van der Waals surface area contributed by atoms with Gasteiger partial charge in [-0.15, -0.1) is 0 Å². The number of ether oxygens (including phenoxy) is 1. The highest BCUT2D eigenvalue weighted by atomic mass is 16.5. The van der Waals surface area contributed by atoms with Crippen LogP contribution in [0.3, 0.4) is 0 Å². The van der Waals surface area contributed by atoms with Crippen LogP contribution in [0.1, 0.15) is 46.0 Å². The standard InChI is InChI=1S/C17H34N2O5/c1-5-15(6-2)24-17(23)9-8-16(22)19(14(12-20)13-21)11-7-10-18(3)4/h14-15,20-21H,5-13H2,1-4H3. The van der Waals surface area contributed by atoms with Gasteiger partial charge in [-0.3, -0.25) is 9.59 Å². The lowest BCUT2D eigenvalue weighted by Crippen LogP contribution is -2.45. The first-order valence-electron chi connectivity index (χ1n) is 8.74. The number of rotatable bonds is 13. The third kappa shape index (κ3) is 9.20. The van der Waals surface area contributed by atoms with Crippen molar-refractivity contribution in [3.05, 3.63) is 0 Å². The van der Waals surface area contributed by atoms with E-state index < -0.39 is 6.04 Å². The van der Waals surface area contributed by atoms with Crippen LogP contribution in [0.4, 0.5) is 0 Å². The number of hydrogen-bond donors (Lipinski definition) is 2. The van der Waals surface area contributed by atoms with Gasteiger partial charge in [0.1, 0.15) is 6.10 Å². The van der Waals surface area contributed by atoms with Crippen molar-refractivity contribution in [1.82, 2.24) is 9.80 Å². The summed E-state index contributed by atoms with van der Waals surface area (Å²) in [5.74, 6) is -0.627. The van der Waals surface area contributed by atoms with E-state index in [0.29, 0.717) is 6.54 Å². The molecule has 0 aromatic rings. The maximum Gasteiger partial charge on any atom is 0.306 e. The van der Waals surface area contributed by atoms with Crippen LogP contribution in [0, 0.1) is 0 Å². The highest BCUT2D eigenvalue weighted by molar-refractivity contribution is 5.81. The molecule has 142 valence electrons. The molecule has 0 spiro atoms. The average Bonchev–Trinajstić information content (AvgIpc) is 2.56. The van der Waals surface area contributed by atoms with E-state index in [1.807, 2.05) is 32.8 Å². The minimum Gasteiger partial charge on any atom is -0.462 e. The van der Waals surface area contributed by atoms with E-state index in [0.717, 1.165) is 25.8 Å². The molecule has 0 saturated heterocycles. The third-order valence-corrected chi connectivity index (χ3v) is 3.94. The normalized spacial score (nSPS) is 11.4. The molecule has 0 radical (unpaired) electrons. The largest absolute Gasteiger partial charge is 0.462 e. The SMILES string of the molecule is CCC(CC)OC(=O)CCC(=O)N(CCCN(C)C)C(CO)CO. The zero-order valence-corrected chi connectivity index (χ0v) is 15.5. The van der Waals surface area contributed by atoms with Crippen molar-refractivity contribution >= 4 is 11.9 Å². The Labute approximate surface area is 145 Å². The molecular weight excluding hydrogens is 312 g/mol. The van der Waals surface area contributed by atoms with Crippen LogP contribution < -0.4 is 0 Å². The quantitative estimate of drug-likeness (QED) is 0.476. The lowest BCUT2D eigenvalue weighted by Gasteiger charge is -2.30. The van der Waals surface area contributed by atoms with E-state index in [2.05, 4.69) is 0 Å². The molecule has 1 amide bonds. The molecule has 7 heteroatoms. The highest BCUT2D eigenvalue weighted by Gasteiger charge is 2.23. The van der Waals surface area contributed by atoms with Crippen LogP contribution in [-0.4, -0.2) is 84.4 Å². The molecule has 0 bridgehead atoms. The second-order valence-electron chi connectivity index (χ2n) is 6.19. The van der Waals surface area contributed by atoms with Crippen molar-refractivity contribution in [1.29, 1.82) is 0 Å². The van der Waals surface area contributed by atoms with Crippen molar-refractivity contribution < 1.29 is 24.5 Å². The first-order chi connectivity index (χ1) is 11.4. The van der Waals surface area contributed by atoms with Gasteiger partial charge >= 0.3 is 5.97 Å². The van der Waals surface area contributed by atoms with Crippen molar-refractivity contribution in [3.8, 4) is 0 Å². The number of carbonyl (C=O) groups is 2. The lowest BCUT2D eigenvalue weighted by molar-refractivity contribution is -0.151. The van der Waals surface area contributed by atoms with Gasteiger partial charge in [0, 0.05) is 13.0 Å². The predicted octanol–water partition coefficient (Wildman–Crippen LogP) is 0.632. The number of aliphatic hydroxyl groups excluding tert-OH is 2. The van der Waals surface area contributed by atoms with E-state index in [4.69, 9.17) is 4.74 Å². The van der Waals surface area contributed by atoms with Crippen LogP contribution in [0.15, 0.2) is 0 Å². The number of esters is 1. The molecule has 0 aromatic heterocycles. The monoisotopic (exact) mass is 346 g/mol. The Hall–Kier alpha value is -1.18. The molecule has 2 N–H and O–H groups in total. The Morgan fingerprint density at radius 1 is 1.00 bits per heavy atom. The molecule has 0 aromatic carbocycles. The maximum absolute atomic E-state index is 12.4. The zero-order valence-electron chi connectivity index (χ0n) is 15.5. The minimum absolute atomic E-state index is 0.0170. The first kappa shape index (κ1) is 22.8. The molecular formula is C17H34N2O5. The molecule has 0 fully saturated rings. The van der Waals surface area contributed by atoms with Gasteiger partial charge in [-0.2, -0.15) is 0 Å². The molecule has 0 rings (SSSR count). The Bertz CT molecular complexity index is 355. The smallest absolute Gasteiger partial charge is 0.306 e. The van der Waals surface area contributed by atoms with Crippen LogP contribution in [-0.2, 0) is 14.3 Å². The zero-order chi connectivity index (χ0) is 18.5. The Morgan fingerprint density at radius 3 is 2.04 bits per heavy atom. The van der Waals surface area contributed by atoms with Crippen molar-refractivity contribution in [2.75, 3.05) is 40.4 Å². The van der Waals surface area contributed by atoms with Gasteiger partial charge in [0.2, 0.25) is 5.91 Å². The summed E-state index contributed by atoms with van der Waals surface area (Å²) in [5.41, 5.74) is 0. The number of aliphatic hydroxyl groups is 2. The van der Waals surface area contributed by atoms with Crippen LogP contribution in [0.2, 0.25) is 0 Å². The molecule has 0 atom stereocenters. The van der Waals surface area contributed by atoms with Gasteiger partial charge in [-0.1, -0.05) is 13.8 Å². The van der Waals surface area contributed by atoms with Crippen LogP contribution in [0.25, 0.3) is 0 Å². The van der Waals surface area contributed by atoms with Gasteiger partial charge in [0.15, 0.2) is 0 Å². The van der Waals surface area contributed by atoms with Gasteiger partial charge in [0.05, 0.1) is 25.7 Å². The molecule has 0 unspecified atom stereocenters. The third-order valence-electron chi connectivity index (χ3n) is 3.94. The molecule has 0 aliphatic carbocycles. The predicted molar refractivity (Wildman–Crippen MR) is 92.5 cm³/mol. The van der Waals surface area contributed by atoms with E-state index in [1.165, 1.54) is 4.90 Å². The summed E-state index contributed by atoms with van der Waals surface area (Å²) in [6, 6.07) is -0.630. The van der Waals surface area contributed by atoms with Crippen molar-refractivity contribution in [2.45, 2.75) is 58.1 Å². The number of amides is 1. The summed E-state index contributed by atoms with van der Waals surface area (Å²) in [7, 11) is 3.88. The van der Waals surface area contributed by atoms with Crippen LogP contribution in [0.5, 0.6) is 0 Å². The summed E-state index contributed by atoms with van der Waals surface area (Å²) in [6.07, 6.45) is 2.17. The number of carbonyl (C=O) groups excluding carboxylic acids is 2. The maximum atomic E-state index is 12.4. The Kier molecular flexibility index (Phi) is 12.5. The average molecular weight is 346 g/mol. The fraction of sp³-hybridized carbons (Fsp3) is 0.882. The minimum atomic E-state index is -0.630. The fourth-order valence-electron chi connectivity index (χ4n) is 2.38. The van der Waals surface area contributed by atoms with Gasteiger partial charge in [-0.05, 0) is 39.9 Å². The Morgan fingerprint density at radius 2 is 1.58 bits per heavy atom. The van der Waals surface area contributed by atoms with E-state index >= 15 is 0 Å². The van der Waals surface area contributed by atoms with Crippen molar-refractivity contribution in [3.63, 3.8) is 0 Å². The van der Waals surface area contributed by atoms with E-state index in [1.54, 1.807) is 0 Å². The molecule has 7 nitrogen and oxygen atoms in total. The van der Waals surface area contributed by atoms with Crippen molar-refractivity contribution in [2.24, 2.45) is 0 Å². The summed E-state index contributed by atoms with van der Waals surface area (Å²) in [4.78, 5) is 27.7. The highest BCUT2D eigenvalue weighted by Crippen LogP contribution is 2.09. The molecule has 0 aliphatic rings. The summed E-state index contributed by atoms with van der Waals surface area (Å²) < 4.78 is 5.29. The first-order valence-corrected chi connectivity index (χ1v) is 8.74. The molecule has 0 saturated carbocycles. The Balaban J connectivity index is 4.54. The number of nitrogens with zero attached hydrogens (tertiary/aromatic N) is 2. The van der Waals surface area contributed by atoms with Gasteiger partial charge in [-0.25, -0.2) is 0 Å². The van der Waals surface area contributed by atoms with Gasteiger partial charge in [0.25, 0.3) is 0 Å². The molecule has 0 heterocycles. The summed E-state index contributed by atoms with van der Waals surface area (Å²) in [5, 5.41) is 18.7. The summed E-state index contributed by atoms with van der Waals surface area (Å²) >= 11 is 0. The lowest BCUT2D eigenvalue weighted by atomic mass is 10.2.